The maximum absolute atomic E-state index is 12.8. The summed E-state index contributed by atoms with van der Waals surface area (Å²) in [6.07, 6.45) is -9.53. The third-order valence-electron chi connectivity index (χ3n) is 3.55. The number of sulfonamides is 1. The number of hydrogen-bond donors (Lipinski definition) is 2. The average Bonchev–Trinajstić information content (AvgIpc) is 2.97. The number of aromatic nitrogens is 2. The van der Waals surface area contributed by atoms with Crippen LogP contribution in [0.1, 0.15) is 11.4 Å². The molecule has 0 atom stereocenters. The van der Waals surface area contributed by atoms with Crippen molar-refractivity contribution in [3.05, 3.63) is 52.8 Å². The summed E-state index contributed by atoms with van der Waals surface area (Å²) in [4.78, 5) is 4.50. The minimum atomic E-state index is -4.79. The van der Waals surface area contributed by atoms with E-state index in [1.165, 1.54) is 0 Å². The summed E-state index contributed by atoms with van der Waals surface area (Å²) in [6, 6.07) is 5.02. The van der Waals surface area contributed by atoms with E-state index >= 15 is 0 Å². The fourth-order valence-corrected chi connectivity index (χ4v) is 3.88. The zero-order valence-corrected chi connectivity index (χ0v) is 14.9. The first kappa shape index (κ1) is 20.3. The predicted molar refractivity (Wildman–Crippen MR) is 88.4 cm³/mol. The molecule has 0 bridgehead atoms. The molecule has 0 unspecified atom stereocenters. The van der Waals surface area contributed by atoms with E-state index in [9.17, 15) is 34.8 Å². The van der Waals surface area contributed by atoms with Crippen LogP contribution in [-0.4, -0.2) is 18.4 Å². The minimum absolute atomic E-state index is 0.0765. The van der Waals surface area contributed by atoms with Crippen LogP contribution in [0.5, 0.6) is 0 Å². The first-order valence-electron chi connectivity index (χ1n) is 7.24. The van der Waals surface area contributed by atoms with Gasteiger partial charge in [-0.25, -0.2) is 13.4 Å². The molecule has 1 aromatic heterocycles. The lowest BCUT2D eigenvalue weighted by Crippen LogP contribution is -2.15. The van der Waals surface area contributed by atoms with Gasteiger partial charge in [-0.15, -0.1) is 0 Å². The highest BCUT2D eigenvalue weighted by Crippen LogP contribution is 2.34. The van der Waals surface area contributed by atoms with E-state index in [4.69, 9.17) is 11.6 Å². The molecule has 2 N–H and O–H groups in total. The first-order valence-corrected chi connectivity index (χ1v) is 9.10. The van der Waals surface area contributed by atoms with Crippen LogP contribution < -0.4 is 4.72 Å². The topological polar surface area (TPSA) is 74.8 Å². The van der Waals surface area contributed by atoms with E-state index in [0.717, 1.165) is 24.3 Å². The molecule has 3 rings (SSSR count). The van der Waals surface area contributed by atoms with Gasteiger partial charge in [-0.05, 0) is 36.4 Å². The minimum Gasteiger partial charge on any atom is -0.334 e. The number of H-pyrrole nitrogens is 1. The van der Waals surface area contributed by atoms with E-state index < -0.39 is 43.7 Å². The molecule has 0 spiro atoms. The fourth-order valence-electron chi connectivity index (χ4n) is 2.30. The van der Waals surface area contributed by atoms with Crippen molar-refractivity contribution >= 4 is 38.3 Å². The number of nitrogens with one attached hydrogen (secondary N) is 2. The highest BCUT2D eigenvalue weighted by Gasteiger charge is 2.35. The summed E-state index contributed by atoms with van der Waals surface area (Å²) >= 11 is 5.72. The van der Waals surface area contributed by atoms with E-state index in [1.54, 1.807) is 0 Å². The van der Waals surface area contributed by atoms with Crippen LogP contribution in [0.2, 0.25) is 5.02 Å². The number of nitrogens with zero attached hydrogens (tertiary/aromatic N) is 1. The summed E-state index contributed by atoms with van der Waals surface area (Å²) < 4.78 is 103. The number of aromatic amines is 1. The predicted octanol–water partition coefficient (Wildman–Crippen LogP) is 5.05. The molecule has 3 aromatic rings. The monoisotopic (exact) mass is 443 g/mol. The number of hydrogen-bond acceptors (Lipinski definition) is 3. The Morgan fingerprint density at radius 3 is 2.25 bits per heavy atom. The number of alkyl halides is 6. The molecule has 0 saturated heterocycles. The standard InChI is InChI=1S/C15H8ClF6N3O2S/c16-9-3-1-7(14(17,18)19)5-12(9)28(26,27)25-8-2-4-10-11(6-8)24-13(23-10)15(20,21)22/h1-6,25H,(H,23,24). The second kappa shape index (κ2) is 6.55. The van der Waals surface area contributed by atoms with Crippen LogP contribution in [0, 0.1) is 0 Å². The summed E-state index contributed by atoms with van der Waals surface area (Å²) in [6.45, 7) is 0. The number of anilines is 1. The number of fused-ring (bicyclic) bond motifs is 1. The van der Waals surface area contributed by atoms with Gasteiger partial charge < -0.3 is 4.98 Å². The second-order valence-corrected chi connectivity index (χ2v) is 7.62. The fraction of sp³-hybridized carbons (Fsp3) is 0.133. The van der Waals surface area contributed by atoms with Gasteiger partial charge in [0.25, 0.3) is 10.0 Å². The SMILES string of the molecule is O=S(=O)(Nc1ccc2nc(C(F)(F)F)[nH]c2c1)c1cc(C(F)(F)F)ccc1Cl. The molecular formula is C15H8ClF6N3O2S. The Balaban J connectivity index is 1.99. The molecule has 0 fully saturated rings. The number of halogens is 7. The van der Waals surface area contributed by atoms with Gasteiger partial charge in [-0.3, -0.25) is 4.72 Å². The maximum atomic E-state index is 12.8. The van der Waals surface area contributed by atoms with E-state index in [0.29, 0.717) is 12.1 Å². The smallest absolute Gasteiger partial charge is 0.334 e. The Bertz CT molecular complexity index is 1150. The second-order valence-electron chi connectivity index (χ2n) is 5.56. The van der Waals surface area contributed by atoms with E-state index in [1.807, 2.05) is 9.71 Å². The highest BCUT2D eigenvalue weighted by atomic mass is 35.5. The van der Waals surface area contributed by atoms with Crippen molar-refractivity contribution in [3.8, 4) is 0 Å². The van der Waals surface area contributed by atoms with Gasteiger partial charge in [0, 0.05) is 0 Å². The van der Waals surface area contributed by atoms with Crippen molar-refractivity contribution in [3.63, 3.8) is 0 Å². The highest BCUT2D eigenvalue weighted by molar-refractivity contribution is 7.92. The zero-order valence-electron chi connectivity index (χ0n) is 13.3. The summed E-state index contributed by atoms with van der Waals surface area (Å²) in [5.41, 5.74) is -1.62. The van der Waals surface area contributed by atoms with Gasteiger partial charge in [0.15, 0.2) is 0 Å². The lowest BCUT2D eigenvalue weighted by Gasteiger charge is -2.12. The van der Waals surface area contributed by atoms with Crippen LogP contribution in [0.25, 0.3) is 11.0 Å². The Kier molecular flexibility index (Phi) is 4.74. The molecular weight excluding hydrogens is 436 g/mol. The number of benzene rings is 2. The molecule has 0 radical (unpaired) electrons. The number of rotatable bonds is 3. The molecule has 2 aromatic carbocycles. The van der Waals surface area contributed by atoms with E-state index in [-0.39, 0.29) is 16.7 Å². The number of imidazole rings is 1. The van der Waals surface area contributed by atoms with E-state index in [2.05, 4.69) is 4.98 Å². The van der Waals surface area contributed by atoms with Crippen molar-refractivity contribution in [1.29, 1.82) is 0 Å². The zero-order chi connectivity index (χ0) is 20.9. The average molecular weight is 444 g/mol. The van der Waals surface area contributed by atoms with Crippen molar-refractivity contribution in [2.45, 2.75) is 17.2 Å². The Labute approximate surface area is 158 Å². The third kappa shape index (κ3) is 4.02. The molecule has 13 heteroatoms. The largest absolute Gasteiger partial charge is 0.449 e. The first-order chi connectivity index (χ1) is 12.8. The van der Waals surface area contributed by atoms with Crippen molar-refractivity contribution in [2.75, 3.05) is 4.72 Å². The third-order valence-corrected chi connectivity index (χ3v) is 5.41. The van der Waals surface area contributed by atoms with Gasteiger partial charge in [0.2, 0.25) is 5.82 Å². The Morgan fingerprint density at radius 2 is 1.64 bits per heavy atom. The lowest BCUT2D eigenvalue weighted by atomic mass is 10.2. The van der Waals surface area contributed by atoms with Crippen molar-refractivity contribution < 1.29 is 34.8 Å². The molecule has 0 aliphatic heterocycles. The van der Waals surface area contributed by atoms with Crippen LogP contribution in [0.3, 0.4) is 0 Å². The summed E-state index contributed by atoms with van der Waals surface area (Å²) in [5, 5.41) is -0.456. The van der Waals surface area contributed by atoms with Crippen molar-refractivity contribution in [2.24, 2.45) is 0 Å². The van der Waals surface area contributed by atoms with Crippen LogP contribution in [0.4, 0.5) is 32.0 Å². The Morgan fingerprint density at radius 1 is 0.964 bits per heavy atom. The molecule has 0 saturated carbocycles. The van der Waals surface area contributed by atoms with Gasteiger partial charge in [0.1, 0.15) is 4.90 Å². The van der Waals surface area contributed by atoms with Crippen LogP contribution in [-0.2, 0) is 22.4 Å². The van der Waals surface area contributed by atoms with Crippen molar-refractivity contribution in [1.82, 2.24) is 9.97 Å². The molecule has 0 amide bonds. The lowest BCUT2D eigenvalue weighted by molar-refractivity contribution is -0.144. The molecule has 1 heterocycles. The quantitative estimate of drug-likeness (QED) is 0.556. The summed E-state index contributed by atoms with van der Waals surface area (Å²) in [5.74, 6) is -1.27. The van der Waals surface area contributed by atoms with Gasteiger partial charge in [-0.1, -0.05) is 11.6 Å². The van der Waals surface area contributed by atoms with Gasteiger partial charge in [-0.2, -0.15) is 26.3 Å². The molecule has 0 aliphatic carbocycles. The van der Waals surface area contributed by atoms with Gasteiger partial charge in [0.05, 0.1) is 27.3 Å². The Hall–Kier alpha value is -2.47. The molecule has 150 valence electrons. The molecule has 28 heavy (non-hydrogen) atoms. The molecule has 5 nitrogen and oxygen atoms in total. The maximum Gasteiger partial charge on any atom is 0.449 e. The van der Waals surface area contributed by atoms with Gasteiger partial charge >= 0.3 is 12.4 Å². The summed E-state index contributed by atoms with van der Waals surface area (Å²) in [7, 11) is -4.56. The molecule has 0 aliphatic rings. The van der Waals surface area contributed by atoms with Crippen LogP contribution in [0.15, 0.2) is 41.3 Å². The normalized spacial score (nSPS) is 13.1. The van der Waals surface area contributed by atoms with Crippen LogP contribution >= 0.6 is 11.6 Å².